The van der Waals surface area contributed by atoms with E-state index in [-0.39, 0.29) is 11.9 Å². The summed E-state index contributed by atoms with van der Waals surface area (Å²) < 4.78 is 7.45. The summed E-state index contributed by atoms with van der Waals surface area (Å²) in [7, 11) is 3.89. The van der Waals surface area contributed by atoms with E-state index < -0.39 is 0 Å². The fourth-order valence-electron chi connectivity index (χ4n) is 4.37. The molecule has 0 atom stereocenters. The summed E-state index contributed by atoms with van der Waals surface area (Å²) in [5, 5.41) is 0. The third-order valence-corrected chi connectivity index (χ3v) is 6.38. The zero-order valence-electron chi connectivity index (χ0n) is 20.4. The zero-order valence-corrected chi connectivity index (χ0v) is 20.4. The van der Waals surface area contributed by atoms with Gasteiger partial charge in [-0.1, -0.05) is 25.0 Å². The number of rotatable bonds is 7. The number of amides is 1. The summed E-state index contributed by atoms with van der Waals surface area (Å²) in [6.45, 7) is 5.32. The molecule has 7 nitrogen and oxygen atoms in total. The number of ether oxygens (including phenoxy) is 1. The van der Waals surface area contributed by atoms with E-state index in [4.69, 9.17) is 9.72 Å². The van der Waals surface area contributed by atoms with Crippen LogP contribution in [0.2, 0.25) is 0 Å². The summed E-state index contributed by atoms with van der Waals surface area (Å²) in [6.07, 6.45) is 4.54. The van der Waals surface area contributed by atoms with Crippen LogP contribution < -0.4 is 0 Å². The van der Waals surface area contributed by atoms with Gasteiger partial charge < -0.3 is 19.1 Å². The van der Waals surface area contributed by atoms with Crippen LogP contribution in [0.4, 0.5) is 0 Å². The smallest absolute Gasteiger partial charge is 0.338 e. The molecule has 0 aliphatic carbocycles. The maximum Gasteiger partial charge on any atom is 0.338 e. The molecule has 180 valence electrons. The number of carbonyl (C=O) groups excluding carboxylic acids is 2. The van der Waals surface area contributed by atoms with Crippen LogP contribution in [0.15, 0.2) is 42.5 Å². The Morgan fingerprint density at radius 3 is 2.32 bits per heavy atom. The molecule has 2 heterocycles. The van der Waals surface area contributed by atoms with Gasteiger partial charge in [-0.2, -0.15) is 0 Å². The number of carbonyl (C=O) groups is 2. The number of hydrogen-bond acceptors (Lipinski definition) is 5. The second-order valence-electron chi connectivity index (χ2n) is 9.29. The van der Waals surface area contributed by atoms with Crippen molar-refractivity contribution in [1.82, 2.24) is 19.4 Å². The van der Waals surface area contributed by atoms with Crippen molar-refractivity contribution in [3.05, 3.63) is 65.0 Å². The molecule has 2 aromatic carbocycles. The Balaban J connectivity index is 1.50. The minimum atomic E-state index is -0.311. The number of fused-ring (bicyclic) bond motifs is 1. The molecule has 1 fully saturated rings. The largest absolute Gasteiger partial charge is 0.461 e. The third-order valence-electron chi connectivity index (χ3n) is 6.38. The van der Waals surface area contributed by atoms with Gasteiger partial charge >= 0.3 is 5.97 Å². The molecule has 4 rings (SSSR count). The van der Waals surface area contributed by atoms with E-state index in [1.165, 1.54) is 12.8 Å². The number of nitrogens with zero attached hydrogens (tertiary/aromatic N) is 4. The molecule has 0 spiro atoms. The summed E-state index contributed by atoms with van der Waals surface area (Å²) in [5.41, 5.74) is 4.14. The average Bonchev–Trinajstić information content (AvgIpc) is 2.98. The van der Waals surface area contributed by atoms with Crippen molar-refractivity contribution in [1.29, 1.82) is 0 Å². The summed E-state index contributed by atoms with van der Waals surface area (Å²) >= 11 is 0. The maximum atomic E-state index is 13.1. The van der Waals surface area contributed by atoms with Crippen LogP contribution in [0.5, 0.6) is 0 Å². The highest BCUT2D eigenvalue weighted by molar-refractivity contribution is 5.97. The Bertz CT molecular complexity index is 1140. The predicted octanol–water partition coefficient (Wildman–Crippen LogP) is 4.13. The molecule has 0 radical (unpaired) electrons. The van der Waals surface area contributed by atoms with E-state index in [9.17, 15) is 9.59 Å². The first-order valence-corrected chi connectivity index (χ1v) is 12.1. The van der Waals surface area contributed by atoms with Crippen LogP contribution in [-0.2, 0) is 11.3 Å². The Hall–Kier alpha value is -3.19. The molecule has 7 heteroatoms. The number of aryl methyl sites for hydroxylation is 1. The molecular formula is C27H34N4O3. The van der Waals surface area contributed by atoms with E-state index in [2.05, 4.69) is 4.57 Å². The van der Waals surface area contributed by atoms with Crippen molar-refractivity contribution in [3.8, 4) is 0 Å². The highest BCUT2D eigenvalue weighted by Gasteiger charge is 2.19. The number of imidazole rings is 1. The second-order valence-corrected chi connectivity index (χ2v) is 9.29. The molecule has 0 saturated carbocycles. The van der Waals surface area contributed by atoms with Crippen molar-refractivity contribution in [2.75, 3.05) is 40.3 Å². The molecule has 1 saturated heterocycles. The van der Waals surface area contributed by atoms with E-state index in [0.29, 0.717) is 30.8 Å². The van der Waals surface area contributed by atoms with E-state index in [0.717, 1.165) is 48.4 Å². The molecule has 0 N–H and O–H groups in total. The summed E-state index contributed by atoms with van der Waals surface area (Å²) in [5.74, 6) is 0.683. The number of benzene rings is 2. The Kier molecular flexibility index (Phi) is 7.63. The minimum Gasteiger partial charge on any atom is -0.461 e. The monoisotopic (exact) mass is 462 g/mol. The first kappa shape index (κ1) is 24.0. The second kappa shape index (κ2) is 10.8. The van der Waals surface area contributed by atoms with Crippen molar-refractivity contribution < 1.29 is 14.3 Å². The Morgan fingerprint density at radius 1 is 0.971 bits per heavy atom. The van der Waals surface area contributed by atoms with Crippen molar-refractivity contribution >= 4 is 22.9 Å². The SMILES string of the molecule is Cc1nc2ccc(C(=O)N3CCCCCC3)cc2n1Cc1ccc(C(=O)OCCN(C)C)cc1. The zero-order chi connectivity index (χ0) is 24.1. The molecule has 34 heavy (non-hydrogen) atoms. The average molecular weight is 463 g/mol. The Labute approximate surface area is 201 Å². The van der Waals surface area contributed by atoms with Gasteiger partial charge in [0.1, 0.15) is 12.4 Å². The summed E-state index contributed by atoms with van der Waals surface area (Å²) in [6, 6.07) is 13.3. The van der Waals surface area contributed by atoms with Gasteiger partial charge in [-0.3, -0.25) is 4.79 Å². The first-order chi connectivity index (χ1) is 16.4. The molecule has 1 aliphatic heterocycles. The number of hydrogen-bond donors (Lipinski definition) is 0. The van der Waals surface area contributed by atoms with E-state index in [1.54, 1.807) is 12.1 Å². The van der Waals surface area contributed by atoms with Gasteiger partial charge in [0.05, 0.1) is 16.6 Å². The molecular weight excluding hydrogens is 428 g/mol. The fourth-order valence-corrected chi connectivity index (χ4v) is 4.37. The lowest BCUT2D eigenvalue weighted by atomic mass is 10.1. The number of aromatic nitrogens is 2. The third kappa shape index (κ3) is 5.65. The van der Waals surface area contributed by atoms with Gasteiger partial charge in [0.15, 0.2) is 0 Å². The van der Waals surface area contributed by atoms with Gasteiger partial charge in [-0.25, -0.2) is 9.78 Å². The lowest BCUT2D eigenvalue weighted by Gasteiger charge is -2.20. The van der Waals surface area contributed by atoms with Gasteiger partial charge in [0, 0.05) is 31.7 Å². The van der Waals surface area contributed by atoms with Gasteiger partial charge in [0.2, 0.25) is 0 Å². The van der Waals surface area contributed by atoms with E-state index >= 15 is 0 Å². The van der Waals surface area contributed by atoms with Crippen LogP contribution in [0.1, 0.15) is 57.8 Å². The lowest BCUT2D eigenvalue weighted by molar-refractivity contribution is 0.0481. The van der Waals surface area contributed by atoms with Gasteiger partial charge in [0.25, 0.3) is 5.91 Å². The molecule has 1 amide bonds. The fraction of sp³-hybridized carbons (Fsp3) is 0.444. The normalized spacial score (nSPS) is 14.4. The van der Waals surface area contributed by atoms with Gasteiger partial charge in [-0.15, -0.1) is 0 Å². The molecule has 3 aromatic rings. The van der Waals surface area contributed by atoms with Crippen molar-refractivity contribution in [2.45, 2.75) is 39.2 Å². The van der Waals surface area contributed by atoms with Crippen LogP contribution in [0.25, 0.3) is 11.0 Å². The lowest BCUT2D eigenvalue weighted by Crippen LogP contribution is -2.31. The number of esters is 1. The van der Waals surface area contributed by atoms with Crippen LogP contribution >= 0.6 is 0 Å². The van der Waals surface area contributed by atoms with Crippen molar-refractivity contribution in [3.63, 3.8) is 0 Å². The highest BCUT2D eigenvalue weighted by Crippen LogP contribution is 2.22. The molecule has 1 aromatic heterocycles. The van der Waals surface area contributed by atoms with Crippen LogP contribution in [0.3, 0.4) is 0 Å². The van der Waals surface area contributed by atoms with Gasteiger partial charge in [-0.05, 0) is 69.8 Å². The topological polar surface area (TPSA) is 67.7 Å². The molecule has 1 aliphatic rings. The van der Waals surface area contributed by atoms with Crippen molar-refractivity contribution in [2.24, 2.45) is 0 Å². The predicted molar refractivity (Wildman–Crippen MR) is 133 cm³/mol. The number of likely N-dealkylation sites (tertiary alicyclic amines) is 1. The standard InChI is InChI=1S/C27H34N4O3/c1-20-28-24-13-12-23(26(32)30-14-6-4-5-7-15-30)18-25(24)31(20)19-21-8-10-22(11-9-21)27(33)34-17-16-29(2)3/h8-13,18H,4-7,14-17,19H2,1-3H3. The highest BCUT2D eigenvalue weighted by atomic mass is 16.5. The Morgan fingerprint density at radius 2 is 1.65 bits per heavy atom. The number of likely N-dealkylation sites (N-methyl/N-ethyl adjacent to an activating group) is 1. The quantitative estimate of drug-likeness (QED) is 0.494. The maximum absolute atomic E-state index is 13.1. The minimum absolute atomic E-state index is 0.103. The van der Waals surface area contributed by atoms with Crippen LogP contribution in [-0.4, -0.2) is 71.6 Å². The molecule has 0 unspecified atom stereocenters. The van der Waals surface area contributed by atoms with E-state index in [1.807, 2.05) is 61.2 Å². The summed E-state index contributed by atoms with van der Waals surface area (Å²) in [4.78, 5) is 34.0. The molecule has 0 bridgehead atoms. The van der Waals surface area contributed by atoms with Crippen LogP contribution in [0, 0.1) is 6.92 Å². The first-order valence-electron chi connectivity index (χ1n) is 12.1.